The fourth-order valence-corrected chi connectivity index (χ4v) is 3.54. The summed E-state index contributed by atoms with van der Waals surface area (Å²) in [6.07, 6.45) is 6.85. The Morgan fingerprint density at radius 1 is 1.29 bits per heavy atom. The number of hydrogen-bond donors (Lipinski definition) is 0. The largest absolute Gasteiger partial charge is 0.381 e. The lowest BCUT2D eigenvalue weighted by Crippen LogP contribution is -2.35. The molecule has 1 aliphatic heterocycles. The topological polar surface area (TPSA) is 43.2 Å². The Morgan fingerprint density at radius 3 is 2.96 bits per heavy atom. The van der Waals surface area contributed by atoms with E-state index in [1.54, 1.807) is 0 Å². The van der Waals surface area contributed by atoms with Gasteiger partial charge in [0.05, 0.1) is 18.0 Å². The molecule has 3 heterocycles. The second-order valence-electron chi connectivity index (χ2n) is 7.05. The van der Waals surface area contributed by atoms with Gasteiger partial charge in [0.25, 0.3) is 0 Å². The highest BCUT2D eigenvalue weighted by molar-refractivity contribution is 5.25. The van der Waals surface area contributed by atoms with Crippen LogP contribution in [-0.2, 0) is 24.4 Å². The number of rotatable bonds is 7. The van der Waals surface area contributed by atoms with Crippen LogP contribution in [0.3, 0.4) is 0 Å². The zero-order valence-corrected chi connectivity index (χ0v) is 14.4. The summed E-state index contributed by atoms with van der Waals surface area (Å²) in [4.78, 5) is 6.94. The smallest absolute Gasteiger partial charge is 0.0736 e. The van der Waals surface area contributed by atoms with Gasteiger partial charge in [0.15, 0.2) is 0 Å². The molecule has 128 valence electrons. The molecule has 1 aliphatic carbocycles. The summed E-state index contributed by atoms with van der Waals surface area (Å²) in [5.74, 6) is 1.21. The van der Waals surface area contributed by atoms with Crippen LogP contribution in [0.4, 0.5) is 0 Å². The van der Waals surface area contributed by atoms with Gasteiger partial charge in [-0.15, -0.1) is 0 Å². The summed E-state index contributed by atoms with van der Waals surface area (Å²) in [5.41, 5.74) is 3.74. The van der Waals surface area contributed by atoms with Crippen molar-refractivity contribution in [2.45, 2.75) is 45.3 Å². The van der Waals surface area contributed by atoms with Gasteiger partial charge in [-0.3, -0.25) is 14.6 Å². The highest BCUT2D eigenvalue weighted by atomic mass is 16.5. The molecule has 1 atom stereocenters. The molecule has 0 aromatic carbocycles. The highest BCUT2D eigenvalue weighted by Crippen LogP contribution is 2.33. The molecule has 0 amide bonds. The number of fused-ring (bicyclic) bond motifs is 1. The van der Waals surface area contributed by atoms with E-state index >= 15 is 0 Å². The Labute approximate surface area is 143 Å². The molecule has 0 spiro atoms. The SMILES string of the molecule is CCOC[C@@H]1CN(Cc2ccccn2)Cc2cn(CC3CC3)nc21. The maximum Gasteiger partial charge on any atom is 0.0736 e. The number of pyridine rings is 1. The van der Waals surface area contributed by atoms with E-state index in [4.69, 9.17) is 9.84 Å². The summed E-state index contributed by atoms with van der Waals surface area (Å²) in [6.45, 7) is 7.48. The summed E-state index contributed by atoms with van der Waals surface area (Å²) >= 11 is 0. The summed E-state index contributed by atoms with van der Waals surface area (Å²) < 4.78 is 7.91. The minimum absolute atomic E-state index is 0.359. The minimum atomic E-state index is 0.359. The zero-order valence-electron chi connectivity index (χ0n) is 14.4. The average molecular weight is 326 g/mol. The van der Waals surface area contributed by atoms with Crippen molar-refractivity contribution in [3.8, 4) is 0 Å². The van der Waals surface area contributed by atoms with E-state index in [1.807, 2.05) is 12.3 Å². The third-order valence-electron chi connectivity index (χ3n) is 4.91. The Bertz CT molecular complexity index is 665. The van der Waals surface area contributed by atoms with Crippen LogP contribution in [0.5, 0.6) is 0 Å². The van der Waals surface area contributed by atoms with Gasteiger partial charge in [0.1, 0.15) is 0 Å². The molecule has 24 heavy (non-hydrogen) atoms. The molecular weight excluding hydrogens is 300 g/mol. The van der Waals surface area contributed by atoms with Crippen LogP contribution in [0, 0.1) is 5.92 Å². The van der Waals surface area contributed by atoms with Gasteiger partial charge in [-0.05, 0) is 37.8 Å². The molecule has 0 N–H and O–H groups in total. The Morgan fingerprint density at radius 2 is 2.21 bits per heavy atom. The monoisotopic (exact) mass is 326 g/mol. The third kappa shape index (κ3) is 3.68. The third-order valence-corrected chi connectivity index (χ3v) is 4.91. The first-order chi connectivity index (χ1) is 11.8. The minimum Gasteiger partial charge on any atom is -0.381 e. The van der Waals surface area contributed by atoms with Crippen molar-refractivity contribution in [2.75, 3.05) is 19.8 Å². The first-order valence-corrected chi connectivity index (χ1v) is 9.08. The molecule has 0 unspecified atom stereocenters. The number of hydrogen-bond acceptors (Lipinski definition) is 4. The van der Waals surface area contributed by atoms with E-state index in [2.05, 4.69) is 39.8 Å². The van der Waals surface area contributed by atoms with E-state index in [0.717, 1.165) is 51.0 Å². The lowest BCUT2D eigenvalue weighted by atomic mass is 9.97. The molecule has 5 heteroatoms. The predicted octanol–water partition coefficient (Wildman–Crippen LogP) is 2.82. The van der Waals surface area contributed by atoms with Gasteiger partial charge < -0.3 is 4.74 Å². The van der Waals surface area contributed by atoms with Crippen LogP contribution in [-0.4, -0.2) is 39.4 Å². The van der Waals surface area contributed by atoms with Crippen LogP contribution in [0.25, 0.3) is 0 Å². The summed E-state index contributed by atoms with van der Waals surface area (Å²) in [7, 11) is 0. The predicted molar refractivity (Wildman–Crippen MR) is 92.5 cm³/mol. The molecule has 4 rings (SSSR count). The van der Waals surface area contributed by atoms with E-state index in [-0.39, 0.29) is 0 Å². The van der Waals surface area contributed by atoms with Crippen molar-refractivity contribution in [1.82, 2.24) is 19.7 Å². The standard InChI is InChI=1S/C19H26N4O/c1-2-24-14-17-11-22(13-18-5-3-4-8-20-18)10-16-12-23(21-19(16)17)9-15-6-7-15/h3-5,8,12,15,17H,2,6-7,9-11,13-14H2,1H3/t17-/m0/s1. The molecule has 2 aromatic rings. The first kappa shape index (κ1) is 15.8. The summed E-state index contributed by atoms with van der Waals surface area (Å²) in [5, 5.41) is 4.90. The quantitative estimate of drug-likeness (QED) is 0.785. The van der Waals surface area contributed by atoms with Crippen LogP contribution in [0.15, 0.2) is 30.6 Å². The van der Waals surface area contributed by atoms with Crippen LogP contribution in [0.2, 0.25) is 0 Å². The van der Waals surface area contributed by atoms with Crippen molar-refractivity contribution in [3.05, 3.63) is 47.5 Å². The highest BCUT2D eigenvalue weighted by Gasteiger charge is 2.30. The molecule has 0 saturated heterocycles. The molecule has 1 saturated carbocycles. The number of nitrogens with zero attached hydrogens (tertiary/aromatic N) is 4. The Kier molecular flexibility index (Phi) is 4.63. The van der Waals surface area contributed by atoms with E-state index in [0.29, 0.717) is 5.92 Å². The van der Waals surface area contributed by atoms with E-state index in [9.17, 15) is 0 Å². The lowest BCUT2D eigenvalue weighted by molar-refractivity contribution is 0.103. The molecule has 2 aromatic heterocycles. The van der Waals surface area contributed by atoms with Gasteiger partial charge in [0.2, 0.25) is 0 Å². The van der Waals surface area contributed by atoms with Gasteiger partial charge in [-0.25, -0.2) is 0 Å². The van der Waals surface area contributed by atoms with Gasteiger partial charge in [0, 0.05) is 56.7 Å². The zero-order chi connectivity index (χ0) is 16.4. The fourth-order valence-electron chi connectivity index (χ4n) is 3.54. The van der Waals surface area contributed by atoms with E-state index < -0.39 is 0 Å². The maximum absolute atomic E-state index is 5.74. The van der Waals surface area contributed by atoms with Crippen LogP contribution < -0.4 is 0 Å². The first-order valence-electron chi connectivity index (χ1n) is 9.08. The molecule has 2 aliphatic rings. The normalized spacial score (nSPS) is 21.0. The second-order valence-corrected chi connectivity index (χ2v) is 7.05. The van der Waals surface area contributed by atoms with Crippen LogP contribution >= 0.6 is 0 Å². The molecule has 1 fully saturated rings. The second kappa shape index (κ2) is 7.03. The molecule has 0 radical (unpaired) electrons. The van der Waals surface area contributed by atoms with Crippen molar-refractivity contribution in [3.63, 3.8) is 0 Å². The maximum atomic E-state index is 5.74. The Balaban J connectivity index is 1.51. The van der Waals surface area contributed by atoms with Crippen LogP contribution in [0.1, 0.15) is 42.6 Å². The lowest BCUT2D eigenvalue weighted by Gasteiger charge is -2.31. The van der Waals surface area contributed by atoms with Gasteiger partial charge >= 0.3 is 0 Å². The van der Waals surface area contributed by atoms with Gasteiger partial charge in [-0.1, -0.05) is 6.07 Å². The van der Waals surface area contributed by atoms with E-state index in [1.165, 1.54) is 24.1 Å². The molecule has 5 nitrogen and oxygen atoms in total. The number of aromatic nitrogens is 3. The van der Waals surface area contributed by atoms with Gasteiger partial charge in [-0.2, -0.15) is 5.10 Å². The van der Waals surface area contributed by atoms with Crippen molar-refractivity contribution in [2.24, 2.45) is 5.92 Å². The Hall–Kier alpha value is -1.72. The van der Waals surface area contributed by atoms with Crippen molar-refractivity contribution < 1.29 is 4.74 Å². The summed E-state index contributed by atoms with van der Waals surface area (Å²) in [6, 6.07) is 6.13. The van der Waals surface area contributed by atoms with Crippen molar-refractivity contribution in [1.29, 1.82) is 0 Å². The fraction of sp³-hybridized carbons (Fsp3) is 0.579. The average Bonchev–Trinajstić information content (AvgIpc) is 3.31. The molecule has 0 bridgehead atoms. The number of ether oxygens (including phenoxy) is 1. The molecular formula is C19H26N4O. The van der Waals surface area contributed by atoms with Crippen molar-refractivity contribution >= 4 is 0 Å².